The normalized spacial score (nSPS) is 30.8. The Labute approximate surface area is 145 Å². The third-order valence-electron chi connectivity index (χ3n) is 6.03. The number of rotatable bonds is 7. The number of nitrogens with zero attached hydrogens (tertiary/aromatic N) is 1. The first-order valence-electron chi connectivity index (χ1n) is 9.46. The van der Waals surface area contributed by atoms with Crippen LogP contribution < -0.4 is 5.32 Å². The molecule has 0 saturated heterocycles. The second kappa shape index (κ2) is 8.15. The van der Waals surface area contributed by atoms with Crippen molar-refractivity contribution in [3.8, 4) is 0 Å². The number of imidazole rings is 1. The Morgan fingerprint density at radius 3 is 2.58 bits per heavy atom. The molecule has 2 aliphatic rings. The van der Waals surface area contributed by atoms with Gasteiger partial charge in [0.05, 0.1) is 13.4 Å². The van der Waals surface area contributed by atoms with Crippen molar-refractivity contribution >= 4 is 5.97 Å². The summed E-state index contributed by atoms with van der Waals surface area (Å²) < 4.78 is 4.97. The van der Waals surface area contributed by atoms with E-state index in [1.807, 2.05) is 0 Å². The molecule has 3 atom stereocenters. The molecule has 2 aliphatic carbocycles. The number of nitrogens with one attached hydrogen (secondary N) is 2. The minimum absolute atomic E-state index is 0.188. The number of aromatic nitrogens is 2. The molecule has 3 unspecified atom stereocenters. The predicted molar refractivity (Wildman–Crippen MR) is 93.4 cm³/mol. The Hall–Kier alpha value is -1.36. The topological polar surface area (TPSA) is 67.0 Å². The third kappa shape index (κ3) is 4.38. The van der Waals surface area contributed by atoms with Gasteiger partial charge in [-0.05, 0) is 62.3 Å². The molecule has 134 valence electrons. The summed E-state index contributed by atoms with van der Waals surface area (Å²) in [7, 11) is 1.46. The highest BCUT2D eigenvalue weighted by Crippen LogP contribution is 2.45. The average molecular weight is 333 g/mol. The predicted octanol–water partition coefficient (Wildman–Crippen LogP) is 2.94. The molecule has 2 saturated carbocycles. The van der Waals surface area contributed by atoms with Crippen molar-refractivity contribution < 1.29 is 9.53 Å². The van der Waals surface area contributed by atoms with Crippen LogP contribution in [0.25, 0.3) is 0 Å². The Bertz CT molecular complexity index is 503. The molecule has 0 radical (unpaired) electrons. The van der Waals surface area contributed by atoms with Crippen LogP contribution in [0.4, 0.5) is 0 Å². The maximum absolute atomic E-state index is 12.1. The van der Waals surface area contributed by atoms with Gasteiger partial charge in [-0.15, -0.1) is 0 Å². The van der Waals surface area contributed by atoms with Gasteiger partial charge in [0.1, 0.15) is 6.04 Å². The van der Waals surface area contributed by atoms with Gasteiger partial charge < -0.3 is 15.0 Å². The standard InChI is InChI=1S/C19H31N3O2/c1-3-13-4-14-6-15(5-13)8-16(7-14)10-21-18(19(23)24-2)9-17-11-20-12-22-17/h11-16,18,21H,3-10H2,1-2H3,(H,20,22). The molecule has 2 fully saturated rings. The molecule has 1 heterocycles. The Morgan fingerprint density at radius 1 is 1.29 bits per heavy atom. The second-order valence-corrected chi connectivity index (χ2v) is 7.82. The number of hydrogen-bond donors (Lipinski definition) is 2. The van der Waals surface area contributed by atoms with E-state index < -0.39 is 0 Å². The van der Waals surface area contributed by atoms with Gasteiger partial charge in [-0.2, -0.15) is 0 Å². The average Bonchev–Trinajstić information content (AvgIpc) is 3.10. The van der Waals surface area contributed by atoms with Crippen LogP contribution in [0, 0.1) is 23.7 Å². The molecule has 5 nitrogen and oxygen atoms in total. The van der Waals surface area contributed by atoms with Crippen LogP contribution in [0.3, 0.4) is 0 Å². The SMILES string of the molecule is CCC1CC2CC(CNC(Cc3cnc[nH]3)C(=O)OC)CC(C1)C2. The second-order valence-electron chi connectivity index (χ2n) is 7.82. The van der Waals surface area contributed by atoms with E-state index in [4.69, 9.17) is 4.74 Å². The van der Waals surface area contributed by atoms with E-state index >= 15 is 0 Å². The van der Waals surface area contributed by atoms with Gasteiger partial charge >= 0.3 is 5.97 Å². The van der Waals surface area contributed by atoms with Crippen LogP contribution in [0.2, 0.25) is 0 Å². The van der Waals surface area contributed by atoms with Crippen LogP contribution in [0.15, 0.2) is 12.5 Å². The zero-order chi connectivity index (χ0) is 16.9. The van der Waals surface area contributed by atoms with E-state index in [2.05, 4.69) is 22.2 Å². The van der Waals surface area contributed by atoms with Crippen LogP contribution in [0.5, 0.6) is 0 Å². The summed E-state index contributed by atoms with van der Waals surface area (Å²) in [6.07, 6.45) is 12.3. The lowest BCUT2D eigenvalue weighted by Gasteiger charge is -2.42. The molecular weight excluding hydrogens is 302 g/mol. The number of H-pyrrole nitrogens is 1. The monoisotopic (exact) mass is 333 g/mol. The molecule has 3 rings (SSSR count). The van der Waals surface area contributed by atoms with Crippen molar-refractivity contribution in [2.45, 2.75) is 57.9 Å². The van der Waals surface area contributed by atoms with E-state index in [0.29, 0.717) is 12.3 Å². The van der Waals surface area contributed by atoms with Gasteiger partial charge in [-0.25, -0.2) is 4.98 Å². The molecule has 2 N–H and O–H groups in total. The summed E-state index contributed by atoms with van der Waals surface area (Å²) >= 11 is 0. The highest BCUT2D eigenvalue weighted by molar-refractivity contribution is 5.75. The molecule has 2 bridgehead atoms. The number of esters is 1. The molecule has 1 aromatic heterocycles. The largest absolute Gasteiger partial charge is 0.468 e. The van der Waals surface area contributed by atoms with E-state index in [1.54, 1.807) is 12.5 Å². The maximum atomic E-state index is 12.1. The Morgan fingerprint density at radius 2 is 2.00 bits per heavy atom. The van der Waals surface area contributed by atoms with E-state index in [1.165, 1.54) is 45.6 Å². The maximum Gasteiger partial charge on any atom is 0.323 e. The Kier molecular flexibility index (Phi) is 5.93. The zero-order valence-corrected chi connectivity index (χ0v) is 15.0. The third-order valence-corrected chi connectivity index (χ3v) is 6.03. The number of fused-ring (bicyclic) bond motifs is 2. The van der Waals surface area contributed by atoms with E-state index in [9.17, 15) is 4.79 Å². The van der Waals surface area contributed by atoms with Gasteiger partial charge in [0.2, 0.25) is 0 Å². The molecule has 0 amide bonds. The number of carbonyl (C=O) groups is 1. The van der Waals surface area contributed by atoms with Gasteiger partial charge in [-0.1, -0.05) is 13.3 Å². The summed E-state index contributed by atoms with van der Waals surface area (Å²) in [5.41, 5.74) is 0.962. The molecule has 0 aliphatic heterocycles. The number of methoxy groups -OCH3 is 1. The first-order valence-corrected chi connectivity index (χ1v) is 9.46. The first-order chi connectivity index (χ1) is 11.7. The van der Waals surface area contributed by atoms with Gasteiger partial charge in [-0.3, -0.25) is 4.79 Å². The summed E-state index contributed by atoms with van der Waals surface area (Å²) in [4.78, 5) is 19.2. The van der Waals surface area contributed by atoms with Gasteiger partial charge in [0, 0.05) is 18.3 Å². The fourth-order valence-electron chi connectivity index (χ4n) is 4.93. The lowest BCUT2D eigenvalue weighted by atomic mass is 9.64. The highest BCUT2D eigenvalue weighted by atomic mass is 16.5. The van der Waals surface area contributed by atoms with E-state index in [0.717, 1.165) is 30.0 Å². The number of ether oxygens (including phenoxy) is 1. The van der Waals surface area contributed by atoms with Crippen molar-refractivity contribution in [1.82, 2.24) is 15.3 Å². The molecule has 0 aromatic carbocycles. The van der Waals surface area contributed by atoms with Crippen molar-refractivity contribution in [3.63, 3.8) is 0 Å². The minimum atomic E-state index is -0.291. The van der Waals surface area contributed by atoms with Crippen LogP contribution >= 0.6 is 0 Å². The first kappa shape index (κ1) is 17.5. The summed E-state index contributed by atoms with van der Waals surface area (Å²) in [5.74, 6) is 3.26. The highest BCUT2D eigenvalue weighted by Gasteiger charge is 2.35. The van der Waals surface area contributed by atoms with Crippen LogP contribution in [0.1, 0.15) is 51.1 Å². The summed E-state index contributed by atoms with van der Waals surface area (Å²) in [5, 5.41) is 3.47. The molecule has 5 heteroatoms. The lowest BCUT2D eigenvalue weighted by molar-refractivity contribution is -0.143. The summed E-state index contributed by atoms with van der Waals surface area (Å²) in [6, 6.07) is -0.291. The lowest BCUT2D eigenvalue weighted by Crippen LogP contribution is -2.44. The fourth-order valence-corrected chi connectivity index (χ4v) is 4.93. The van der Waals surface area contributed by atoms with Gasteiger partial charge in [0.15, 0.2) is 0 Å². The van der Waals surface area contributed by atoms with Crippen molar-refractivity contribution in [2.75, 3.05) is 13.7 Å². The molecular formula is C19H31N3O2. The fraction of sp³-hybridized carbons (Fsp3) is 0.789. The molecule has 24 heavy (non-hydrogen) atoms. The van der Waals surface area contributed by atoms with Gasteiger partial charge in [0.25, 0.3) is 0 Å². The van der Waals surface area contributed by atoms with Crippen LogP contribution in [-0.2, 0) is 16.0 Å². The quantitative estimate of drug-likeness (QED) is 0.753. The molecule has 0 spiro atoms. The van der Waals surface area contributed by atoms with Crippen molar-refractivity contribution in [2.24, 2.45) is 23.7 Å². The summed E-state index contributed by atoms with van der Waals surface area (Å²) in [6.45, 7) is 3.25. The van der Waals surface area contributed by atoms with Crippen molar-refractivity contribution in [1.29, 1.82) is 0 Å². The minimum Gasteiger partial charge on any atom is -0.468 e. The van der Waals surface area contributed by atoms with Crippen LogP contribution in [-0.4, -0.2) is 35.6 Å². The zero-order valence-electron chi connectivity index (χ0n) is 15.0. The van der Waals surface area contributed by atoms with E-state index in [-0.39, 0.29) is 12.0 Å². The number of hydrogen-bond acceptors (Lipinski definition) is 4. The van der Waals surface area contributed by atoms with Crippen molar-refractivity contribution in [3.05, 3.63) is 18.2 Å². The number of carbonyl (C=O) groups excluding carboxylic acids is 1. The number of aromatic amines is 1. The smallest absolute Gasteiger partial charge is 0.323 e. The Balaban J connectivity index is 1.52. The molecule has 1 aromatic rings.